The lowest BCUT2D eigenvalue weighted by atomic mass is 9.98. The first-order valence-electron chi connectivity index (χ1n) is 7.29. The number of halogens is 1. The summed E-state index contributed by atoms with van der Waals surface area (Å²) in [6.45, 7) is 1.45. The zero-order valence-corrected chi connectivity index (χ0v) is 15.6. The van der Waals surface area contributed by atoms with Crippen LogP contribution in [-0.4, -0.2) is 43.2 Å². The summed E-state index contributed by atoms with van der Waals surface area (Å²) in [5.41, 5.74) is 0.970. The average molecular weight is 398 g/mol. The van der Waals surface area contributed by atoms with Crippen LogP contribution >= 0.6 is 27.3 Å². The molecule has 0 aliphatic heterocycles. The molecule has 0 spiro atoms. The molecule has 124 valence electrons. The maximum absolute atomic E-state index is 11.5. The number of hydrogen-bond donors (Lipinski definition) is 1. The van der Waals surface area contributed by atoms with Gasteiger partial charge >= 0.3 is 5.97 Å². The van der Waals surface area contributed by atoms with E-state index in [0.29, 0.717) is 13.0 Å². The van der Waals surface area contributed by atoms with Crippen molar-refractivity contribution in [2.24, 2.45) is 0 Å². The second kappa shape index (κ2) is 8.47. The topological polar surface area (TPSA) is 49.8 Å². The Morgan fingerprint density at radius 1 is 1.39 bits per heavy atom. The molecule has 23 heavy (non-hydrogen) atoms. The lowest BCUT2D eigenvalue weighted by Crippen LogP contribution is -2.19. The third-order valence-electron chi connectivity index (χ3n) is 3.42. The first-order valence-corrected chi connectivity index (χ1v) is 8.97. The molecule has 0 aliphatic rings. The summed E-state index contributed by atoms with van der Waals surface area (Å²) in [4.78, 5) is 14.5. The molecule has 1 aromatic heterocycles. The molecule has 4 nitrogen and oxygen atoms in total. The molecule has 1 N–H and O–H groups in total. The van der Waals surface area contributed by atoms with Gasteiger partial charge in [-0.25, -0.2) is 0 Å². The Balaban J connectivity index is 2.06. The van der Waals surface area contributed by atoms with E-state index in [0.717, 1.165) is 27.2 Å². The predicted molar refractivity (Wildman–Crippen MR) is 96.6 cm³/mol. The molecular weight excluding hydrogens is 378 g/mol. The monoisotopic (exact) mass is 397 g/mol. The van der Waals surface area contributed by atoms with Gasteiger partial charge in [0.15, 0.2) is 0 Å². The number of benzene rings is 1. The number of carbonyl (C=O) groups is 1. The van der Waals surface area contributed by atoms with Gasteiger partial charge in [-0.15, -0.1) is 11.3 Å². The van der Waals surface area contributed by atoms with Crippen LogP contribution in [0.3, 0.4) is 0 Å². The van der Waals surface area contributed by atoms with Gasteiger partial charge in [0.2, 0.25) is 0 Å². The van der Waals surface area contributed by atoms with Gasteiger partial charge < -0.3 is 14.7 Å². The molecule has 1 atom stereocenters. The van der Waals surface area contributed by atoms with Crippen molar-refractivity contribution in [3.63, 3.8) is 0 Å². The van der Waals surface area contributed by atoms with E-state index < -0.39 is 11.9 Å². The van der Waals surface area contributed by atoms with E-state index in [9.17, 15) is 9.90 Å². The first-order chi connectivity index (χ1) is 11.0. The molecule has 1 aromatic carbocycles. The molecule has 1 heterocycles. The molecule has 0 saturated carbocycles. The highest BCUT2D eigenvalue weighted by Crippen LogP contribution is 2.30. The maximum atomic E-state index is 11.5. The average Bonchev–Trinajstić information content (AvgIpc) is 3.00. The van der Waals surface area contributed by atoms with Crippen LogP contribution in [0.5, 0.6) is 5.75 Å². The minimum atomic E-state index is -0.796. The van der Waals surface area contributed by atoms with Crippen molar-refractivity contribution in [2.45, 2.75) is 12.3 Å². The molecule has 1 unspecified atom stereocenters. The number of likely N-dealkylation sites (N-methyl/N-ethyl adjacent to an activating group) is 1. The lowest BCUT2D eigenvalue weighted by molar-refractivity contribution is -0.138. The van der Waals surface area contributed by atoms with Crippen molar-refractivity contribution in [3.8, 4) is 5.75 Å². The van der Waals surface area contributed by atoms with Crippen molar-refractivity contribution in [3.05, 3.63) is 50.6 Å². The fraction of sp³-hybridized carbons (Fsp3) is 0.353. The number of nitrogens with zero attached hydrogens (tertiary/aromatic N) is 1. The van der Waals surface area contributed by atoms with E-state index in [1.165, 1.54) is 11.3 Å². The normalized spacial score (nSPS) is 12.3. The summed E-state index contributed by atoms with van der Waals surface area (Å²) in [5.74, 6) is -0.532. The van der Waals surface area contributed by atoms with E-state index in [1.807, 2.05) is 49.8 Å². The quantitative estimate of drug-likeness (QED) is 0.734. The molecule has 2 rings (SSSR count). The van der Waals surface area contributed by atoms with E-state index in [-0.39, 0.29) is 0 Å². The van der Waals surface area contributed by atoms with Gasteiger partial charge in [-0.2, -0.15) is 0 Å². The second-order valence-corrected chi connectivity index (χ2v) is 7.36. The Morgan fingerprint density at radius 2 is 2.17 bits per heavy atom. The number of aliphatic carboxylic acids is 1. The fourth-order valence-electron chi connectivity index (χ4n) is 2.16. The first kappa shape index (κ1) is 18.0. The van der Waals surface area contributed by atoms with Crippen LogP contribution in [0.1, 0.15) is 16.4 Å². The minimum Gasteiger partial charge on any atom is -0.491 e. The molecule has 0 amide bonds. The van der Waals surface area contributed by atoms with Crippen LogP contribution in [-0.2, 0) is 11.2 Å². The number of ether oxygens (including phenoxy) is 1. The van der Waals surface area contributed by atoms with E-state index in [4.69, 9.17) is 4.74 Å². The summed E-state index contributed by atoms with van der Waals surface area (Å²) in [6.07, 6.45) is 0.465. The smallest absolute Gasteiger partial charge is 0.312 e. The fourth-order valence-corrected chi connectivity index (χ4v) is 3.52. The molecule has 0 saturated heterocycles. The SMILES string of the molecule is CN(C)CCOc1ccc(CC(C(=O)O)c2cccs2)cc1Br. The maximum Gasteiger partial charge on any atom is 0.312 e. The molecule has 0 bridgehead atoms. The highest BCUT2D eigenvalue weighted by molar-refractivity contribution is 9.10. The van der Waals surface area contributed by atoms with Gasteiger partial charge in [-0.05, 0) is 65.6 Å². The summed E-state index contributed by atoms with van der Waals surface area (Å²) in [5, 5.41) is 11.4. The largest absolute Gasteiger partial charge is 0.491 e. The van der Waals surface area contributed by atoms with E-state index >= 15 is 0 Å². The second-order valence-electron chi connectivity index (χ2n) is 5.53. The predicted octanol–water partition coefficient (Wildman–Crippen LogP) is 3.86. The van der Waals surface area contributed by atoms with E-state index in [2.05, 4.69) is 20.8 Å². The standard InChI is InChI=1S/C17H20BrNO3S/c1-19(2)7-8-22-15-6-5-12(11-14(15)18)10-13(17(20)21)16-4-3-9-23-16/h3-6,9,11,13H,7-8,10H2,1-2H3,(H,20,21). The van der Waals surface area contributed by atoms with Gasteiger partial charge in [-0.1, -0.05) is 12.1 Å². The molecule has 0 fully saturated rings. The zero-order valence-electron chi connectivity index (χ0n) is 13.2. The van der Waals surface area contributed by atoms with E-state index in [1.54, 1.807) is 0 Å². The molecule has 0 radical (unpaired) electrons. The Bertz CT molecular complexity index is 643. The van der Waals surface area contributed by atoms with Crippen molar-refractivity contribution < 1.29 is 14.6 Å². The number of thiophene rings is 1. The van der Waals surface area contributed by atoms with Crippen LogP contribution in [0, 0.1) is 0 Å². The lowest BCUT2D eigenvalue weighted by Gasteiger charge is -2.14. The van der Waals surface area contributed by atoms with Crippen molar-refractivity contribution >= 4 is 33.2 Å². The third-order valence-corrected chi connectivity index (χ3v) is 5.02. The van der Waals surface area contributed by atoms with Crippen LogP contribution < -0.4 is 4.74 Å². The third kappa shape index (κ3) is 5.34. The highest BCUT2D eigenvalue weighted by Gasteiger charge is 2.21. The number of hydrogen-bond acceptors (Lipinski definition) is 4. The Kier molecular flexibility index (Phi) is 6.62. The van der Waals surface area contributed by atoms with Gasteiger partial charge in [0, 0.05) is 11.4 Å². The Morgan fingerprint density at radius 3 is 2.74 bits per heavy atom. The van der Waals surface area contributed by atoms with Crippen LogP contribution in [0.25, 0.3) is 0 Å². The number of rotatable bonds is 8. The van der Waals surface area contributed by atoms with Gasteiger partial charge in [0.1, 0.15) is 12.4 Å². The van der Waals surface area contributed by atoms with Gasteiger partial charge in [0.25, 0.3) is 0 Å². The van der Waals surface area contributed by atoms with Crippen LogP contribution in [0.2, 0.25) is 0 Å². The highest BCUT2D eigenvalue weighted by atomic mass is 79.9. The minimum absolute atomic E-state index is 0.465. The zero-order chi connectivity index (χ0) is 16.8. The Hall–Kier alpha value is -1.37. The summed E-state index contributed by atoms with van der Waals surface area (Å²) in [6, 6.07) is 9.51. The van der Waals surface area contributed by atoms with Gasteiger partial charge in [-0.3, -0.25) is 4.79 Å². The van der Waals surface area contributed by atoms with Crippen molar-refractivity contribution in [1.82, 2.24) is 4.90 Å². The number of carboxylic acid groups (broad SMARTS) is 1. The van der Waals surface area contributed by atoms with Crippen molar-refractivity contribution in [2.75, 3.05) is 27.2 Å². The summed E-state index contributed by atoms with van der Waals surface area (Å²) >= 11 is 4.98. The Labute approximate surface area is 148 Å². The van der Waals surface area contributed by atoms with Crippen LogP contribution in [0.15, 0.2) is 40.2 Å². The number of carboxylic acids is 1. The molecule has 2 aromatic rings. The molecule has 6 heteroatoms. The summed E-state index contributed by atoms with van der Waals surface area (Å²) in [7, 11) is 4.00. The molecule has 0 aliphatic carbocycles. The van der Waals surface area contributed by atoms with Crippen molar-refractivity contribution in [1.29, 1.82) is 0 Å². The summed E-state index contributed by atoms with van der Waals surface area (Å²) < 4.78 is 6.58. The van der Waals surface area contributed by atoms with Crippen LogP contribution in [0.4, 0.5) is 0 Å². The van der Waals surface area contributed by atoms with Gasteiger partial charge in [0.05, 0.1) is 10.4 Å². The molecular formula is C17H20BrNO3S.